The molecule has 0 amide bonds. The predicted molar refractivity (Wildman–Crippen MR) is 91.6 cm³/mol. The molecule has 2 aliphatic rings. The number of thioether (sulfide) groups is 1. The fourth-order valence-electron chi connectivity index (χ4n) is 3.30. The average Bonchev–Trinajstić information content (AvgIpc) is 3.05. The van der Waals surface area contributed by atoms with E-state index in [1.807, 2.05) is 10.7 Å². The summed E-state index contributed by atoms with van der Waals surface area (Å²) in [6.07, 6.45) is 5.99. The number of nitrogens with zero attached hydrogens (tertiary/aromatic N) is 5. The lowest BCUT2D eigenvalue weighted by atomic mass is 9.89. The van der Waals surface area contributed by atoms with Crippen LogP contribution < -0.4 is 0 Å². The number of nitro benzene ring substituents is 1. The Kier molecular flexibility index (Phi) is 4.05. The molecule has 0 atom stereocenters. The summed E-state index contributed by atoms with van der Waals surface area (Å²) in [6, 6.07) is 6.64. The number of nitro groups is 1. The van der Waals surface area contributed by atoms with Crippen LogP contribution in [0.3, 0.4) is 0 Å². The molecule has 4 rings (SSSR count). The van der Waals surface area contributed by atoms with E-state index in [-0.39, 0.29) is 10.6 Å². The molecule has 24 heavy (non-hydrogen) atoms. The lowest BCUT2D eigenvalue weighted by Gasteiger charge is -2.21. The van der Waals surface area contributed by atoms with Gasteiger partial charge in [0.25, 0.3) is 5.69 Å². The van der Waals surface area contributed by atoms with Crippen molar-refractivity contribution >= 4 is 23.2 Å². The third kappa shape index (κ3) is 2.82. The Balaban J connectivity index is 1.70. The van der Waals surface area contributed by atoms with Crippen molar-refractivity contribution in [3.63, 3.8) is 0 Å². The molecule has 2 heterocycles. The Morgan fingerprint density at radius 3 is 2.83 bits per heavy atom. The SMILES string of the molecule is O=[N+]([O-])c1cccc(C2=Nn3c(nnc3C3CCCCC3)SC2)c1. The quantitative estimate of drug-likeness (QED) is 0.628. The minimum absolute atomic E-state index is 0.0854. The number of rotatable bonds is 3. The largest absolute Gasteiger partial charge is 0.270 e. The summed E-state index contributed by atoms with van der Waals surface area (Å²) in [5.41, 5.74) is 1.70. The van der Waals surface area contributed by atoms with Gasteiger partial charge in [-0.15, -0.1) is 10.2 Å². The summed E-state index contributed by atoms with van der Waals surface area (Å²) in [5, 5.41) is 25.2. The van der Waals surface area contributed by atoms with Crippen LogP contribution in [0.2, 0.25) is 0 Å². The molecular formula is C16H17N5O2S. The third-order valence-electron chi connectivity index (χ3n) is 4.56. The minimum atomic E-state index is -0.377. The Bertz CT molecular complexity index is 811. The monoisotopic (exact) mass is 343 g/mol. The highest BCUT2D eigenvalue weighted by atomic mass is 32.2. The zero-order chi connectivity index (χ0) is 16.5. The maximum atomic E-state index is 11.0. The normalized spacial score (nSPS) is 18.1. The highest BCUT2D eigenvalue weighted by Crippen LogP contribution is 2.34. The lowest BCUT2D eigenvalue weighted by molar-refractivity contribution is -0.384. The van der Waals surface area contributed by atoms with Gasteiger partial charge in [-0.2, -0.15) is 9.78 Å². The first-order valence-corrected chi connectivity index (χ1v) is 9.12. The number of hydrogen-bond donors (Lipinski definition) is 0. The van der Waals surface area contributed by atoms with E-state index in [2.05, 4.69) is 10.2 Å². The van der Waals surface area contributed by atoms with E-state index in [0.717, 1.165) is 35.1 Å². The summed E-state index contributed by atoms with van der Waals surface area (Å²) < 4.78 is 1.85. The van der Waals surface area contributed by atoms with Crippen LogP contribution in [0.4, 0.5) is 5.69 Å². The fourth-order valence-corrected chi connectivity index (χ4v) is 4.14. The van der Waals surface area contributed by atoms with Gasteiger partial charge in [-0.05, 0) is 12.8 Å². The Morgan fingerprint density at radius 2 is 2.04 bits per heavy atom. The number of fused-ring (bicyclic) bond motifs is 1. The van der Waals surface area contributed by atoms with Crippen molar-refractivity contribution in [3.8, 4) is 0 Å². The van der Waals surface area contributed by atoms with Crippen molar-refractivity contribution in [3.05, 3.63) is 45.8 Å². The van der Waals surface area contributed by atoms with E-state index in [0.29, 0.717) is 11.7 Å². The van der Waals surface area contributed by atoms with Gasteiger partial charge >= 0.3 is 0 Å². The smallest absolute Gasteiger partial charge is 0.258 e. The Hall–Kier alpha value is -2.22. The summed E-state index contributed by atoms with van der Waals surface area (Å²) >= 11 is 1.58. The molecule has 0 spiro atoms. The zero-order valence-corrected chi connectivity index (χ0v) is 13.9. The standard InChI is InChI=1S/C16H17N5O2S/c22-21(23)13-8-4-7-12(9-13)14-10-24-16-18-17-15(20(16)19-14)11-5-2-1-3-6-11/h4,7-9,11H,1-3,5-6,10H2. The average molecular weight is 343 g/mol. The highest BCUT2D eigenvalue weighted by Gasteiger charge is 2.26. The molecule has 0 radical (unpaired) electrons. The van der Waals surface area contributed by atoms with E-state index in [1.54, 1.807) is 23.9 Å². The molecule has 8 heteroatoms. The van der Waals surface area contributed by atoms with Crippen LogP contribution in [-0.2, 0) is 0 Å². The second-order valence-corrected chi connectivity index (χ2v) is 7.07. The first-order chi connectivity index (χ1) is 11.7. The fraction of sp³-hybridized carbons (Fsp3) is 0.438. The van der Waals surface area contributed by atoms with Crippen LogP contribution in [0, 0.1) is 10.1 Å². The molecule has 1 fully saturated rings. The van der Waals surface area contributed by atoms with Crippen molar-refractivity contribution in [2.75, 3.05) is 5.75 Å². The first-order valence-electron chi connectivity index (χ1n) is 8.13. The second kappa shape index (κ2) is 6.35. The van der Waals surface area contributed by atoms with Gasteiger partial charge in [0.1, 0.15) is 0 Å². The van der Waals surface area contributed by atoms with E-state index < -0.39 is 0 Å². The maximum absolute atomic E-state index is 11.0. The maximum Gasteiger partial charge on any atom is 0.270 e. The van der Waals surface area contributed by atoms with Gasteiger partial charge in [0.2, 0.25) is 5.16 Å². The third-order valence-corrected chi connectivity index (χ3v) is 5.49. The van der Waals surface area contributed by atoms with E-state index in [9.17, 15) is 10.1 Å². The summed E-state index contributed by atoms with van der Waals surface area (Å²) in [5.74, 6) is 1.98. The molecule has 0 unspecified atom stereocenters. The van der Waals surface area contributed by atoms with Crippen molar-refractivity contribution in [2.24, 2.45) is 5.10 Å². The summed E-state index contributed by atoms with van der Waals surface area (Å²) in [7, 11) is 0. The van der Waals surface area contributed by atoms with Crippen LogP contribution in [0.25, 0.3) is 0 Å². The molecule has 1 aromatic heterocycles. The van der Waals surface area contributed by atoms with Crippen LogP contribution in [-0.4, -0.2) is 31.3 Å². The predicted octanol–water partition coefficient (Wildman–Crippen LogP) is 3.59. The topological polar surface area (TPSA) is 86.2 Å². The minimum Gasteiger partial charge on any atom is -0.258 e. The molecule has 2 aromatic rings. The Morgan fingerprint density at radius 1 is 1.21 bits per heavy atom. The van der Waals surface area contributed by atoms with Gasteiger partial charge in [-0.25, -0.2) is 0 Å². The van der Waals surface area contributed by atoms with Gasteiger partial charge in [-0.1, -0.05) is 43.2 Å². The second-order valence-electron chi connectivity index (χ2n) is 6.13. The van der Waals surface area contributed by atoms with Crippen molar-refractivity contribution in [1.29, 1.82) is 0 Å². The number of benzene rings is 1. The zero-order valence-electron chi connectivity index (χ0n) is 13.1. The van der Waals surface area contributed by atoms with Gasteiger partial charge in [0, 0.05) is 29.4 Å². The van der Waals surface area contributed by atoms with Crippen molar-refractivity contribution < 1.29 is 4.92 Å². The van der Waals surface area contributed by atoms with Crippen LogP contribution in [0.15, 0.2) is 34.5 Å². The van der Waals surface area contributed by atoms with E-state index in [4.69, 9.17) is 5.10 Å². The van der Waals surface area contributed by atoms with Gasteiger partial charge < -0.3 is 0 Å². The Labute approximate surface area is 143 Å². The molecule has 1 aliphatic heterocycles. The summed E-state index contributed by atoms with van der Waals surface area (Å²) in [4.78, 5) is 10.6. The molecular weight excluding hydrogens is 326 g/mol. The van der Waals surface area contributed by atoms with Crippen molar-refractivity contribution in [1.82, 2.24) is 14.9 Å². The lowest BCUT2D eigenvalue weighted by Crippen LogP contribution is -2.17. The van der Waals surface area contributed by atoms with E-state index in [1.165, 1.54) is 25.3 Å². The molecule has 0 saturated heterocycles. The molecule has 124 valence electrons. The summed E-state index contributed by atoms with van der Waals surface area (Å²) in [6.45, 7) is 0. The van der Waals surface area contributed by atoms with Gasteiger partial charge in [0.05, 0.1) is 10.6 Å². The highest BCUT2D eigenvalue weighted by molar-refractivity contribution is 7.99. The van der Waals surface area contributed by atoms with E-state index >= 15 is 0 Å². The number of aromatic nitrogens is 3. The molecule has 1 aromatic carbocycles. The number of hydrogen-bond acceptors (Lipinski definition) is 6. The van der Waals surface area contributed by atoms with Crippen LogP contribution in [0.1, 0.15) is 49.4 Å². The molecule has 0 N–H and O–H groups in total. The van der Waals surface area contributed by atoms with Crippen LogP contribution in [0.5, 0.6) is 0 Å². The van der Waals surface area contributed by atoms with Gasteiger partial charge in [-0.3, -0.25) is 10.1 Å². The first kappa shape index (κ1) is 15.3. The van der Waals surface area contributed by atoms with Crippen LogP contribution >= 0.6 is 11.8 Å². The molecule has 1 saturated carbocycles. The molecule has 1 aliphatic carbocycles. The van der Waals surface area contributed by atoms with Gasteiger partial charge in [0.15, 0.2) is 5.82 Å². The number of non-ortho nitro benzene ring substituents is 1. The van der Waals surface area contributed by atoms with Crippen molar-refractivity contribution in [2.45, 2.75) is 43.2 Å². The molecule has 0 bridgehead atoms. The molecule has 7 nitrogen and oxygen atoms in total.